The summed E-state index contributed by atoms with van der Waals surface area (Å²) in [6, 6.07) is 0. The molecule has 118 valence electrons. The van der Waals surface area contributed by atoms with Gasteiger partial charge in [-0.3, -0.25) is 0 Å². The summed E-state index contributed by atoms with van der Waals surface area (Å²) in [4.78, 5) is 12.1. The predicted molar refractivity (Wildman–Crippen MR) is 86.9 cm³/mol. The number of ether oxygens (including phenoxy) is 1. The van der Waals surface area contributed by atoms with Gasteiger partial charge in [0.1, 0.15) is 6.10 Å². The SMILES string of the molecule is CC(C)[C@@H]1CC[C@@H](C)C[C@H]1OC(=O)/C=C/C1=CCCCC1. The quantitative estimate of drug-likeness (QED) is 0.535. The van der Waals surface area contributed by atoms with Crippen LogP contribution in [0.4, 0.5) is 0 Å². The van der Waals surface area contributed by atoms with Gasteiger partial charge >= 0.3 is 5.97 Å². The van der Waals surface area contributed by atoms with E-state index < -0.39 is 0 Å². The maximum atomic E-state index is 12.1. The first-order valence-corrected chi connectivity index (χ1v) is 8.64. The molecule has 1 saturated carbocycles. The third kappa shape index (κ3) is 5.01. The molecule has 1 fully saturated rings. The molecule has 2 aliphatic rings. The highest BCUT2D eigenvalue weighted by molar-refractivity contribution is 5.82. The summed E-state index contributed by atoms with van der Waals surface area (Å²) in [7, 11) is 0. The van der Waals surface area contributed by atoms with E-state index in [0.29, 0.717) is 17.8 Å². The van der Waals surface area contributed by atoms with Crippen molar-refractivity contribution in [3.8, 4) is 0 Å². The number of allylic oxidation sites excluding steroid dienone is 3. The monoisotopic (exact) mass is 290 g/mol. The number of hydrogen-bond acceptors (Lipinski definition) is 2. The smallest absolute Gasteiger partial charge is 0.331 e. The van der Waals surface area contributed by atoms with E-state index in [9.17, 15) is 4.79 Å². The van der Waals surface area contributed by atoms with E-state index in [0.717, 1.165) is 19.3 Å². The number of hydrogen-bond donors (Lipinski definition) is 0. The first kappa shape index (κ1) is 16.3. The lowest BCUT2D eigenvalue weighted by atomic mass is 9.75. The fourth-order valence-electron chi connectivity index (χ4n) is 3.63. The Balaban J connectivity index is 1.90. The number of carbonyl (C=O) groups excluding carboxylic acids is 1. The van der Waals surface area contributed by atoms with Crippen LogP contribution in [0.5, 0.6) is 0 Å². The van der Waals surface area contributed by atoms with Crippen LogP contribution in [0.3, 0.4) is 0 Å². The predicted octanol–water partition coefficient (Wildman–Crippen LogP) is 5.05. The summed E-state index contributed by atoms with van der Waals surface area (Å²) in [6.45, 7) is 6.74. The number of carbonyl (C=O) groups is 1. The molecule has 3 atom stereocenters. The first-order chi connectivity index (χ1) is 10.1. The minimum absolute atomic E-state index is 0.103. The van der Waals surface area contributed by atoms with Gasteiger partial charge in [-0.25, -0.2) is 4.79 Å². The van der Waals surface area contributed by atoms with Crippen molar-refractivity contribution < 1.29 is 9.53 Å². The highest BCUT2D eigenvalue weighted by Crippen LogP contribution is 2.35. The molecule has 0 aliphatic heterocycles. The van der Waals surface area contributed by atoms with Gasteiger partial charge in [0.2, 0.25) is 0 Å². The summed E-state index contributed by atoms with van der Waals surface area (Å²) in [5.74, 6) is 1.61. The van der Waals surface area contributed by atoms with Gasteiger partial charge in [0.05, 0.1) is 0 Å². The molecule has 0 heterocycles. The second kappa shape index (κ2) is 7.82. The van der Waals surface area contributed by atoms with Crippen molar-refractivity contribution in [2.24, 2.45) is 17.8 Å². The molecule has 0 amide bonds. The van der Waals surface area contributed by atoms with Crippen LogP contribution in [-0.4, -0.2) is 12.1 Å². The third-order valence-electron chi connectivity index (χ3n) is 4.99. The van der Waals surface area contributed by atoms with Crippen molar-refractivity contribution in [3.63, 3.8) is 0 Å². The highest BCUT2D eigenvalue weighted by atomic mass is 16.5. The molecular formula is C19H30O2. The second-order valence-corrected chi connectivity index (χ2v) is 7.16. The normalized spacial score (nSPS) is 30.5. The van der Waals surface area contributed by atoms with Crippen molar-refractivity contribution in [1.29, 1.82) is 0 Å². The van der Waals surface area contributed by atoms with E-state index in [1.165, 1.54) is 31.3 Å². The Hall–Kier alpha value is -1.05. The van der Waals surface area contributed by atoms with Gasteiger partial charge in [0.25, 0.3) is 0 Å². The summed E-state index contributed by atoms with van der Waals surface area (Å²) in [5, 5.41) is 0. The molecule has 0 saturated heterocycles. The average Bonchev–Trinajstić information content (AvgIpc) is 2.46. The lowest BCUT2D eigenvalue weighted by Gasteiger charge is -2.36. The Labute approximate surface area is 129 Å². The molecular weight excluding hydrogens is 260 g/mol. The van der Waals surface area contributed by atoms with Crippen molar-refractivity contribution in [1.82, 2.24) is 0 Å². The lowest BCUT2D eigenvalue weighted by Crippen LogP contribution is -2.35. The molecule has 0 aromatic carbocycles. The molecule has 0 radical (unpaired) electrons. The maximum absolute atomic E-state index is 12.1. The fourth-order valence-corrected chi connectivity index (χ4v) is 3.63. The molecule has 2 rings (SSSR count). The van der Waals surface area contributed by atoms with Crippen LogP contribution in [0.2, 0.25) is 0 Å². The van der Waals surface area contributed by atoms with Crippen molar-refractivity contribution in [2.75, 3.05) is 0 Å². The standard InChI is InChI=1S/C19H30O2/c1-14(2)17-11-9-15(3)13-18(17)21-19(20)12-10-16-7-5-4-6-8-16/h7,10,12,14-15,17-18H,4-6,8-9,11,13H2,1-3H3/b12-10+/t15-,17+,18-/m1/s1. The van der Waals surface area contributed by atoms with E-state index in [2.05, 4.69) is 26.8 Å². The Morgan fingerprint density at radius 3 is 2.81 bits per heavy atom. The zero-order chi connectivity index (χ0) is 15.2. The third-order valence-corrected chi connectivity index (χ3v) is 4.99. The van der Waals surface area contributed by atoms with Crippen LogP contribution in [0.25, 0.3) is 0 Å². The topological polar surface area (TPSA) is 26.3 Å². The van der Waals surface area contributed by atoms with Crippen LogP contribution in [-0.2, 0) is 9.53 Å². The van der Waals surface area contributed by atoms with E-state index in [1.54, 1.807) is 6.08 Å². The minimum atomic E-state index is -0.161. The van der Waals surface area contributed by atoms with Gasteiger partial charge in [0.15, 0.2) is 0 Å². The van der Waals surface area contributed by atoms with Crippen LogP contribution in [0.1, 0.15) is 65.7 Å². The van der Waals surface area contributed by atoms with Crippen molar-refractivity contribution >= 4 is 5.97 Å². The lowest BCUT2D eigenvalue weighted by molar-refractivity contribution is -0.149. The van der Waals surface area contributed by atoms with Gasteiger partial charge in [-0.2, -0.15) is 0 Å². The summed E-state index contributed by atoms with van der Waals surface area (Å²) in [6.07, 6.45) is 14.2. The van der Waals surface area contributed by atoms with Crippen LogP contribution < -0.4 is 0 Å². The number of esters is 1. The first-order valence-electron chi connectivity index (χ1n) is 8.64. The van der Waals surface area contributed by atoms with Crippen molar-refractivity contribution in [3.05, 3.63) is 23.8 Å². The Bertz CT molecular complexity index is 406. The average molecular weight is 290 g/mol. The maximum Gasteiger partial charge on any atom is 0.331 e. The summed E-state index contributed by atoms with van der Waals surface area (Å²) in [5.41, 5.74) is 1.29. The van der Waals surface area contributed by atoms with E-state index in [-0.39, 0.29) is 12.1 Å². The Morgan fingerprint density at radius 2 is 2.14 bits per heavy atom. The van der Waals surface area contributed by atoms with E-state index in [4.69, 9.17) is 4.74 Å². The van der Waals surface area contributed by atoms with Gasteiger partial charge < -0.3 is 4.74 Å². The van der Waals surface area contributed by atoms with Crippen LogP contribution >= 0.6 is 0 Å². The molecule has 2 nitrogen and oxygen atoms in total. The molecule has 0 bridgehead atoms. The van der Waals surface area contributed by atoms with Gasteiger partial charge in [0, 0.05) is 6.08 Å². The van der Waals surface area contributed by atoms with Crippen LogP contribution in [0, 0.1) is 17.8 Å². The molecule has 0 aromatic heterocycles. The minimum Gasteiger partial charge on any atom is -0.459 e. The van der Waals surface area contributed by atoms with Gasteiger partial charge in [-0.05, 0) is 56.3 Å². The van der Waals surface area contributed by atoms with Gasteiger partial charge in [-0.15, -0.1) is 0 Å². The molecule has 0 spiro atoms. The largest absolute Gasteiger partial charge is 0.459 e. The highest BCUT2D eigenvalue weighted by Gasteiger charge is 2.32. The zero-order valence-corrected chi connectivity index (χ0v) is 13.8. The Morgan fingerprint density at radius 1 is 1.33 bits per heavy atom. The molecule has 21 heavy (non-hydrogen) atoms. The van der Waals surface area contributed by atoms with Crippen molar-refractivity contribution in [2.45, 2.75) is 71.8 Å². The molecule has 2 heteroatoms. The van der Waals surface area contributed by atoms with E-state index >= 15 is 0 Å². The molecule has 2 aliphatic carbocycles. The summed E-state index contributed by atoms with van der Waals surface area (Å²) < 4.78 is 5.77. The zero-order valence-electron chi connectivity index (χ0n) is 13.8. The molecule has 0 aromatic rings. The van der Waals surface area contributed by atoms with Gasteiger partial charge in [-0.1, -0.05) is 44.9 Å². The summed E-state index contributed by atoms with van der Waals surface area (Å²) >= 11 is 0. The molecule has 0 N–H and O–H groups in total. The Kier molecular flexibility index (Phi) is 6.08. The van der Waals surface area contributed by atoms with E-state index in [1.807, 2.05) is 6.08 Å². The fraction of sp³-hybridized carbons (Fsp3) is 0.737. The molecule has 0 unspecified atom stereocenters. The second-order valence-electron chi connectivity index (χ2n) is 7.16. The number of rotatable bonds is 4. The van der Waals surface area contributed by atoms with Crippen LogP contribution in [0.15, 0.2) is 23.8 Å².